The smallest absolute Gasteiger partial charge is 0.167 e. The van der Waals surface area contributed by atoms with Gasteiger partial charge in [0.2, 0.25) is 0 Å². The molecule has 0 amide bonds. The number of aliphatic hydroxyl groups is 1. The van der Waals surface area contributed by atoms with Gasteiger partial charge in [-0.2, -0.15) is 0 Å². The zero-order chi connectivity index (χ0) is 10.5. The first-order valence-electron chi connectivity index (χ1n) is 4.01. The van der Waals surface area contributed by atoms with Crippen molar-refractivity contribution in [1.82, 2.24) is 0 Å². The van der Waals surface area contributed by atoms with Crippen LogP contribution < -0.4 is 0 Å². The van der Waals surface area contributed by atoms with Gasteiger partial charge in [-0.1, -0.05) is 0 Å². The van der Waals surface area contributed by atoms with Gasteiger partial charge in [0.05, 0.1) is 15.6 Å². The highest BCUT2D eigenvalue weighted by atomic mass is 79.9. The zero-order valence-corrected chi connectivity index (χ0v) is 8.54. The molecular formula is C9H6BrF3O. The van der Waals surface area contributed by atoms with Crippen LogP contribution in [0.5, 0.6) is 0 Å². The van der Waals surface area contributed by atoms with E-state index < -0.39 is 28.6 Å². The molecule has 0 aliphatic heterocycles. The fourth-order valence-electron chi connectivity index (χ4n) is 1.35. The highest BCUT2D eigenvalue weighted by molar-refractivity contribution is 9.10. The van der Waals surface area contributed by atoms with Crippen LogP contribution in [0.25, 0.3) is 0 Å². The van der Waals surface area contributed by atoms with Crippen LogP contribution in [-0.4, -0.2) is 5.11 Å². The molecule has 1 fully saturated rings. The van der Waals surface area contributed by atoms with E-state index in [9.17, 15) is 18.3 Å². The SMILES string of the molecule is OC1(c2c(F)c(F)cc(Br)c2F)CC1. The number of rotatable bonds is 1. The standard InChI is InChI=1S/C9H6BrF3O/c10-4-3-5(11)8(13)6(7(4)12)9(14)1-2-9/h3,14H,1-2H2. The third-order valence-electron chi connectivity index (χ3n) is 2.30. The van der Waals surface area contributed by atoms with Gasteiger partial charge in [0.25, 0.3) is 0 Å². The summed E-state index contributed by atoms with van der Waals surface area (Å²) in [5, 5.41) is 9.54. The van der Waals surface area contributed by atoms with E-state index in [-0.39, 0.29) is 17.3 Å². The van der Waals surface area contributed by atoms with Crippen molar-refractivity contribution < 1.29 is 18.3 Å². The average molecular weight is 267 g/mol. The Kier molecular flexibility index (Phi) is 2.12. The molecule has 0 aromatic heterocycles. The number of hydrogen-bond acceptors (Lipinski definition) is 1. The summed E-state index contributed by atoms with van der Waals surface area (Å²) in [5.41, 5.74) is -2.08. The van der Waals surface area contributed by atoms with Crippen molar-refractivity contribution >= 4 is 15.9 Å². The summed E-state index contributed by atoms with van der Waals surface area (Å²) in [6.07, 6.45) is 0.521. The Bertz CT molecular complexity index is 375. The predicted octanol–water partition coefficient (Wildman–Crippen LogP) is 2.85. The van der Waals surface area contributed by atoms with Crippen LogP contribution in [0.4, 0.5) is 13.2 Å². The van der Waals surface area contributed by atoms with E-state index >= 15 is 0 Å². The molecule has 0 heterocycles. The molecule has 0 bridgehead atoms. The van der Waals surface area contributed by atoms with Gasteiger partial charge in [-0.15, -0.1) is 0 Å². The van der Waals surface area contributed by atoms with E-state index in [4.69, 9.17) is 0 Å². The van der Waals surface area contributed by atoms with E-state index in [1.807, 2.05) is 0 Å². The second kappa shape index (κ2) is 2.97. The minimum Gasteiger partial charge on any atom is -0.385 e. The topological polar surface area (TPSA) is 20.2 Å². The summed E-state index contributed by atoms with van der Waals surface area (Å²) in [7, 11) is 0. The first-order valence-corrected chi connectivity index (χ1v) is 4.81. The van der Waals surface area contributed by atoms with Crippen LogP contribution in [0.15, 0.2) is 10.5 Å². The summed E-state index contributed by atoms with van der Waals surface area (Å²) in [6, 6.07) is 0.708. The molecular weight excluding hydrogens is 261 g/mol. The molecule has 1 N–H and O–H groups in total. The Morgan fingerprint density at radius 3 is 2.29 bits per heavy atom. The van der Waals surface area contributed by atoms with Gasteiger partial charge in [-0.25, -0.2) is 13.2 Å². The first kappa shape index (κ1) is 9.98. The molecule has 76 valence electrons. The van der Waals surface area contributed by atoms with Crippen LogP contribution >= 0.6 is 15.9 Å². The van der Waals surface area contributed by atoms with Gasteiger partial charge in [0.15, 0.2) is 11.6 Å². The fourth-order valence-corrected chi connectivity index (χ4v) is 1.75. The molecule has 1 aliphatic rings. The highest BCUT2D eigenvalue weighted by Gasteiger charge is 2.47. The quantitative estimate of drug-likeness (QED) is 0.776. The normalized spacial score (nSPS) is 18.4. The third-order valence-corrected chi connectivity index (χ3v) is 2.88. The molecule has 1 saturated carbocycles. The van der Waals surface area contributed by atoms with Crippen molar-refractivity contribution in [1.29, 1.82) is 0 Å². The van der Waals surface area contributed by atoms with Crippen LogP contribution in [0, 0.1) is 17.5 Å². The Hall–Kier alpha value is -0.550. The maximum absolute atomic E-state index is 13.4. The second-order valence-electron chi connectivity index (χ2n) is 3.37. The molecule has 0 spiro atoms. The fraction of sp³-hybridized carbons (Fsp3) is 0.333. The van der Waals surface area contributed by atoms with E-state index in [0.29, 0.717) is 6.07 Å². The van der Waals surface area contributed by atoms with Crippen LogP contribution in [-0.2, 0) is 5.60 Å². The average Bonchev–Trinajstić information content (AvgIpc) is 2.81. The maximum Gasteiger partial charge on any atom is 0.167 e. The molecule has 5 heteroatoms. The molecule has 1 aliphatic carbocycles. The molecule has 14 heavy (non-hydrogen) atoms. The second-order valence-corrected chi connectivity index (χ2v) is 4.23. The van der Waals surface area contributed by atoms with Crippen molar-refractivity contribution in [2.24, 2.45) is 0 Å². The lowest BCUT2D eigenvalue weighted by atomic mass is 10.1. The first-order chi connectivity index (χ1) is 6.46. The molecule has 2 rings (SSSR count). The zero-order valence-electron chi connectivity index (χ0n) is 6.95. The number of hydrogen-bond donors (Lipinski definition) is 1. The van der Waals surface area contributed by atoms with Crippen molar-refractivity contribution in [3.05, 3.63) is 33.6 Å². The van der Waals surface area contributed by atoms with E-state index in [2.05, 4.69) is 15.9 Å². The third kappa shape index (κ3) is 1.35. The lowest BCUT2D eigenvalue weighted by Crippen LogP contribution is -2.12. The maximum atomic E-state index is 13.4. The lowest BCUT2D eigenvalue weighted by Gasteiger charge is -2.12. The molecule has 0 radical (unpaired) electrons. The number of benzene rings is 1. The van der Waals surface area contributed by atoms with Crippen molar-refractivity contribution in [3.63, 3.8) is 0 Å². The van der Waals surface area contributed by atoms with Crippen molar-refractivity contribution in [2.45, 2.75) is 18.4 Å². The van der Waals surface area contributed by atoms with E-state index in [1.165, 1.54) is 0 Å². The van der Waals surface area contributed by atoms with Gasteiger partial charge in [-0.05, 0) is 34.8 Å². The summed E-state index contributed by atoms with van der Waals surface area (Å²) < 4.78 is 39.3. The van der Waals surface area contributed by atoms with Crippen LogP contribution in [0.3, 0.4) is 0 Å². The minimum atomic E-state index is -1.52. The Labute approximate surface area is 86.7 Å². The Balaban J connectivity index is 2.68. The predicted molar refractivity (Wildman–Crippen MR) is 47.1 cm³/mol. The summed E-state index contributed by atoms with van der Waals surface area (Å²) in [5.74, 6) is -3.39. The largest absolute Gasteiger partial charge is 0.385 e. The molecule has 0 unspecified atom stereocenters. The van der Waals surface area contributed by atoms with Crippen LogP contribution in [0.1, 0.15) is 18.4 Å². The van der Waals surface area contributed by atoms with Crippen molar-refractivity contribution in [3.8, 4) is 0 Å². The molecule has 0 saturated heterocycles. The minimum absolute atomic E-state index is 0.174. The summed E-state index contributed by atoms with van der Waals surface area (Å²) in [4.78, 5) is 0. The highest BCUT2D eigenvalue weighted by Crippen LogP contribution is 2.48. The van der Waals surface area contributed by atoms with Crippen molar-refractivity contribution in [2.75, 3.05) is 0 Å². The number of halogens is 4. The molecule has 0 atom stereocenters. The van der Waals surface area contributed by atoms with Gasteiger partial charge < -0.3 is 5.11 Å². The van der Waals surface area contributed by atoms with Gasteiger partial charge in [0, 0.05) is 0 Å². The van der Waals surface area contributed by atoms with Crippen LogP contribution in [0.2, 0.25) is 0 Å². The Morgan fingerprint density at radius 2 is 1.79 bits per heavy atom. The van der Waals surface area contributed by atoms with Gasteiger partial charge in [0.1, 0.15) is 5.82 Å². The van der Waals surface area contributed by atoms with E-state index in [0.717, 1.165) is 0 Å². The molecule has 1 aromatic carbocycles. The monoisotopic (exact) mass is 266 g/mol. The van der Waals surface area contributed by atoms with E-state index in [1.54, 1.807) is 0 Å². The summed E-state index contributed by atoms with van der Waals surface area (Å²) in [6.45, 7) is 0. The molecule has 1 nitrogen and oxygen atoms in total. The van der Waals surface area contributed by atoms with Gasteiger partial charge >= 0.3 is 0 Å². The Morgan fingerprint density at radius 1 is 1.21 bits per heavy atom. The van der Waals surface area contributed by atoms with Gasteiger partial charge in [-0.3, -0.25) is 0 Å². The summed E-state index contributed by atoms with van der Waals surface area (Å²) >= 11 is 2.76. The molecule has 1 aromatic rings. The lowest BCUT2D eigenvalue weighted by molar-refractivity contribution is 0.140.